The number of aromatic carboxylic acids is 1. The topological polar surface area (TPSA) is 172 Å². The molecule has 7 aromatic rings. The predicted octanol–water partition coefficient (Wildman–Crippen LogP) is 10.6. The molecule has 3 fully saturated rings. The number of likely N-dealkylation sites (tertiary alicyclic amines) is 1. The Morgan fingerprint density at radius 2 is 1.70 bits per heavy atom. The van der Waals surface area contributed by atoms with Gasteiger partial charge in [0.15, 0.2) is 10.8 Å². The molecule has 14 nitrogen and oxygen atoms in total. The molecule has 4 aromatic carbocycles. The molecule has 1 aliphatic carbocycles. The first-order chi connectivity index (χ1) is 35.5. The number of hydrogen-bond acceptors (Lipinski definition) is 11. The number of carbonyl (C=O) groups is 4. The monoisotopic (exact) mass is 998 g/mol. The van der Waals surface area contributed by atoms with E-state index < -0.39 is 11.9 Å². The van der Waals surface area contributed by atoms with Gasteiger partial charge in [-0.05, 0) is 154 Å². The number of thiazole rings is 1. The van der Waals surface area contributed by atoms with Crippen LogP contribution in [0.3, 0.4) is 0 Å². The van der Waals surface area contributed by atoms with Gasteiger partial charge < -0.3 is 19.6 Å². The van der Waals surface area contributed by atoms with Crippen LogP contribution in [0, 0.1) is 12.8 Å². The highest BCUT2D eigenvalue weighted by atomic mass is 32.1. The van der Waals surface area contributed by atoms with Crippen LogP contribution in [0.1, 0.15) is 131 Å². The second-order valence-corrected chi connectivity index (χ2v) is 21.5. The first-order valence-electron chi connectivity index (χ1n) is 26.1. The molecule has 4 aliphatic rings. The third kappa shape index (κ3) is 10.1. The number of pyridine rings is 1. The van der Waals surface area contributed by atoms with Crippen molar-refractivity contribution in [2.45, 2.75) is 108 Å². The summed E-state index contributed by atoms with van der Waals surface area (Å²) in [5.74, 6) is 0.228. The molecule has 3 amide bonds. The number of imide groups is 1. The lowest BCUT2D eigenvalue weighted by Gasteiger charge is -2.33. The van der Waals surface area contributed by atoms with Gasteiger partial charge in [-0.2, -0.15) is 5.10 Å². The zero-order chi connectivity index (χ0) is 50.2. The summed E-state index contributed by atoms with van der Waals surface area (Å²) in [6, 6.07) is 29.6. The van der Waals surface area contributed by atoms with E-state index >= 15 is 0 Å². The molecule has 1 saturated carbocycles. The van der Waals surface area contributed by atoms with E-state index in [1.807, 2.05) is 85.4 Å². The second kappa shape index (κ2) is 20.9. The number of amides is 3. The Kier molecular flexibility index (Phi) is 13.8. The van der Waals surface area contributed by atoms with Crippen LogP contribution in [0.15, 0.2) is 91.0 Å². The number of carboxylic acid groups (broad SMARTS) is 1. The molecule has 3 aliphatic heterocycles. The fourth-order valence-electron chi connectivity index (χ4n) is 12.1. The molecular weight excluding hydrogens is 937 g/mol. The van der Waals surface area contributed by atoms with Gasteiger partial charge in [0.1, 0.15) is 11.6 Å². The molecule has 0 bridgehead atoms. The lowest BCUT2D eigenvalue weighted by atomic mass is 9.84. The summed E-state index contributed by atoms with van der Waals surface area (Å²) in [4.78, 5) is 65.3. The number of ether oxygens (including phenoxy) is 1. The molecule has 11 rings (SSSR count). The van der Waals surface area contributed by atoms with Crippen molar-refractivity contribution in [3.05, 3.63) is 130 Å². The Hall–Kier alpha value is -6.97. The molecule has 3 N–H and O–H groups in total. The molecule has 6 heterocycles. The number of fused-ring (bicyclic) bond motifs is 3. The number of benzene rings is 4. The van der Waals surface area contributed by atoms with Crippen molar-refractivity contribution in [2.24, 2.45) is 13.0 Å². The summed E-state index contributed by atoms with van der Waals surface area (Å²) in [6.07, 6.45) is 11.8. The van der Waals surface area contributed by atoms with Crippen LogP contribution >= 0.6 is 11.3 Å². The average Bonchev–Trinajstić information content (AvgIpc) is 3.98. The number of hydrogen-bond donors (Lipinski definition) is 3. The van der Waals surface area contributed by atoms with Gasteiger partial charge in [-0.3, -0.25) is 29.7 Å². The average molecular weight is 999 g/mol. The van der Waals surface area contributed by atoms with Gasteiger partial charge in [-0.15, -0.1) is 0 Å². The third-order valence-corrected chi connectivity index (χ3v) is 16.8. The highest BCUT2D eigenvalue weighted by Gasteiger charge is 2.34. The number of nitrogens with zero attached hydrogens (tertiary/aromatic N) is 6. The molecule has 376 valence electrons. The van der Waals surface area contributed by atoms with Gasteiger partial charge in [-0.1, -0.05) is 78.8 Å². The van der Waals surface area contributed by atoms with Crippen molar-refractivity contribution in [1.29, 1.82) is 0 Å². The van der Waals surface area contributed by atoms with E-state index in [1.54, 1.807) is 0 Å². The van der Waals surface area contributed by atoms with Crippen LogP contribution in [-0.2, 0) is 29.6 Å². The molecule has 15 heteroatoms. The number of nitrogens with one attached hydrogen (secondary N) is 2. The number of aromatic nitrogens is 4. The van der Waals surface area contributed by atoms with Crippen molar-refractivity contribution in [3.8, 4) is 16.9 Å². The number of piperidine rings is 2. The van der Waals surface area contributed by atoms with Crippen molar-refractivity contribution in [1.82, 2.24) is 30.0 Å². The first-order valence-corrected chi connectivity index (χ1v) is 26.9. The summed E-state index contributed by atoms with van der Waals surface area (Å²) < 4.78 is 9.65. The number of anilines is 2. The SMILES string of the molecule is Cc1c(OC2CCC(CCCCN3CCC[C@H](c4cccc5c([C@H]6CCC(=O)NC6=O)nn(C)c45)C3)CC2)cccc1-c1ccc(N2CCc3cccc(C(=O)Nc4nc5ccccc5s4)c3C2)nc1C(=O)O. The molecule has 0 unspecified atom stereocenters. The molecule has 2 saturated heterocycles. The normalized spacial score (nSPS) is 20.5. The Morgan fingerprint density at radius 1 is 0.863 bits per heavy atom. The Balaban J connectivity index is 0.674. The van der Waals surface area contributed by atoms with E-state index in [0.717, 1.165) is 113 Å². The minimum absolute atomic E-state index is 0.0181. The smallest absolute Gasteiger partial charge is 0.355 e. The van der Waals surface area contributed by atoms with Crippen molar-refractivity contribution < 1.29 is 29.0 Å². The number of rotatable bonds is 14. The Labute approximate surface area is 429 Å². The van der Waals surface area contributed by atoms with Crippen molar-refractivity contribution >= 4 is 67.1 Å². The van der Waals surface area contributed by atoms with Gasteiger partial charge >= 0.3 is 5.97 Å². The van der Waals surface area contributed by atoms with Crippen LogP contribution in [0.4, 0.5) is 10.9 Å². The largest absolute Gasteiger partial charge is 0.490 e. The number of carbonyl (C=O) groups excluding carboxylic acids is 3. The second-order valence-electron chi connectivity index (χ2n) is 20.5. The Bertz CT molecular complexity index is 3220. The van der Waals surface area contributed by atoms with Crippen LogP contribution in [-0.4, -0.2) is 85.7 Å². The maximum Gasteiger partial charge on any atom is 0.355 e. The zero-order valence-electron chi connectivity index (χ0n) is 41.6. The maximum absolute atomic E-state index is 13.7. The first kappa shape index (κ1) is 48.3. The van der Waals surface area contributed by atoms with Crippen LogP contribution in [0.25, 0.3) is 32.2 Å². The maximum atomic E-state index is 13.7. The minimum atomic E-state index is -1.10. The molecule has 0 spiro atoms. The van der Waals surface area contributed by atoms with Gasteiger partial charge in [0.2, 0.25) is 11.8 Å². The van der Waals surface area contributed by atoms with Crippen LogP contribution < -0.4 is 20.3 Å². The molecule has 2 atom stereocenters. The highest BCUT2D eigenvalue weighted by molar-refractivity contribution is 7.22. The van der Waals surface area contributed by atoms with Crippen LogP contribution in [0.5, 0.6) is 5.75 Å². The predicted molar refractivity (Wildman–Crippen MR) is 285 cm³/mol. The quantitative estimate of drug-likeness (QED) is 0.0699. The van der Waals surface area contributed by atoms with Gasteiger partial charge in [0, 0.05) is 49.6 Å². The number of aryl methyl sites for hydroxylation is 1. The van der Waals surface area contributed by atoms with Gasteiger partial charge in [-0.25, -0.2) is 14.8 Å². The standard InChI is InChI=1S/C58H62N8O6S/c1-35-40(42-25-27-50(60-53(42)57(70)71)66-32-29-37-12-7-16-43(46(37)34-66)55(68)62-58-59-47-18-3-4-20-49(47)73-58)14-9-19-48(35)72-39-23-21-36(22-24-39)11-5-6-30-65-31-10-13-38(33-65)41-15-8-17-44-52(63-64(2)54(41)44)45-26-28-51(67)61-56(45)69/h3-4,7-9,12,14-20,25,27,36,38-39,45H,5-6,10-11,13,21-24,26,28-34H2,1-2H3,(H,70,71)(H,59,62,68)(H,61,67,69)/t36?,38-,39?,45+/m0/s1. The van der Waals surface area contributed by atoms with E-state index in [1.165, 1.54) is 36.2 Å². The zero-order valence-corrected chi connectivity index (χ0v) is 42.4. The Morgan fingerprint density at radius 3 is 2.53 bits per heavy atom. The lowest BCUT2D eigenvalue weighted by Crippen LogP contribution is -2.39. The summed E-state index contributed by atoms with van der Waals surface area (Å²) in [5, 5.41) is 22.5. The lowest BCUT2D eigenvalue weighted by molar-refractivity contribution is -0.134. The fourth-order valence-corrected chi connectivity index (χ4v) is 12.9. The van der Waals surface area contributed by atoms with Crippen molar-refractivity contribution in [3.63, 3.8) is 0 Å². The molecular formula is C58H62N8O6S. The van der Waals surface area contributed by atoms with Crippen LogP contribution in [0.2, 0.25) is 0 Å². The summed E-state index contributed by atoms with van der Waals surface area (Å²) in [5.41, 5.74) is 8.78. The van der Waals surface area contributed by atoms with E-state index in [2.05, 4.69) is 49.7 Å². The van der Waals surface area contributed by atoms with E-state index in [9.17, 15) is 24.3 Å². The van der Waals surface area contributed by atoms with E-state index in [4.69, 9.17) is 14.8 Å². The minimum Gasteiger partial charge on any atom is -0.490 e. The van der Waals surface area contributed by atoms with Gasteiger partial charge in [0.25, 0.3) is 5.91 Å². The summed E-state index contributed by atoms with van der Waals surface area (Å²) in [7, 11) is 1.97. The summed E-state index contributed by atoms with van der Waals surface area (Å²) >= 11 is 1.44. The number of unbranched alkanes of at least 4 members (excludes halogenated alkanes) is 1. The molecule has 0 radical (unpaired) electrons. The highest BCUT2D eigenvalue weighted by Crippen LogP contribution is 2.39. The fraction of sp³-hybridized carbons (Fsp3) is 0.397. The van der Waals surface area contributed by atoms with E-state index in [-0.39, 0.29) is 29.5 Å². The van der Waals surface area contributed by atoms with Crippen molar-refractivity contribution in [2.75, 3.05) is 36.4 Å². The molecule has 73 heavy (non-hydrogen) atoms. The van der Waals surface area contributed by atoms with Gasteiger partial charge in [0.05, 0.1) is 33.4 Å². The number of para-hydroxylation sites is 2. The molecule has 3 aromatic heterocycles. The summed E-state index contributed by atoms with van der Waals surface area (Å²) in [6.45, 7) is 6.28. The third-order valence-electron chi connectivity index (χ3n) is 15.9. The number of carboxylic acids is 1. The van der Waals surface area contributed by atoms with E-state index in [0.29, 0.717) is 66.3 Å².